The van der Waals surface area contributed by atoms with Gasteiger partial charge >= 0.3 is 0 Å². The van der Waals surface area contributed by atoms with Crippen LogP contribution in [0.25, 0.3) is 0 Å². The summed E-state index contributed by atoms with van der Waals surface area (Å²) in [5.74, 6) is 1.72. The maximum Gasteiger partial charge on any atom is 0.123 e. The number of halogens is 1. The molecule has 0 saturated heterocycles. The van der Waals surface area contributed by atoms with Crippen LogP contribution in [0.1, 0.15) is 33.3 Å². The molecular weight excluding hydrogens is 302 g/mol. The molecule has 3 heteroatoms. The van der Waals surface area contributed by atoms with Crippen molar-refractivity contribution in [1.82, 2.24) is 5.32 Å². The minimum absolute atomic E-state index is 0.271. The van der Waals surface area contributed by atoms with Gasteiger partial charge in [0.2, 0.25) is 0 Å². The highest BCUT2D eigenvalue weighted by Gasteiger charge is 2.25. The lowest BCUT2D eigenvalue weighted by atomic mass is 9.81. The molecule has 2 nitrogen and oxygen atoms in total. The molecular formula is C16H24BrNO. The molecule has 2 rings (SSSR count). The van der Waals surface area contributed by atoms with E-state index in [4.69, 9.17) is 4.74 Å². The number of rotatable bonds is 5. The molecule has 1 aromatic rings. The fourth-order valence-electron chi connectivity index (χ4n) is 2.16. The van der Waals surface area contributed by atoms with E-state index < -0.39 is 0 Å². The predicted octanol–water partition coefficient (Wildman–Crippen LogP) is 4.02. The van der Waals surface area contributed by atoms with Gasteiger partial charge in [-0.25, -0.2) is 0 Å². The van der Waals surface area contributed by atoms with Gasteiger partial charge in [-0.2, -0.15) is 0 Å². The van der Waals surface area contributed by atoms with Gasteiger partial charge in [0.25, 0.3) is 0 Å². The summed E-state index contributed by atoms with van der Waals surface area (Å²) < 4.78 is 7.08. The molecule has 0 fully saturated rings. The van der Waals surface area contributed by atoms with Crippen LogP contribution in [0.2, 0.25) is 0 Å². The van der Waals surface area contributed by atoms with E-state index in [1.807, 2.05) is 6.07 Å². The molecule has 0 radical (unpaired) electrons. The highest BCUT2D eigenvalue weighted by atomic mass is 79.9. The SMILES string of the molecule is CC(C)C(C)(C)CNCC1Cc2cc(Br)ccc2O1. The van der Waals surface area contributed by atoms with E-state index in [1.54, 1.807) is 0 Å². The Bertz CT molecular complexity index is 442. The zero-order valence-corrected chi connectivity index (χ0v) is 13.9. The summed E-state index contributed by atoms with van der Waals surface area (Å²) in [5.41, 5.74) is 1.64. The maximum atomic E-state index is 5.95. The molecule has 0 bridgehead atoms. The minimum atomic E-state index is 0.271. The smallest absolute Gasteiger partial charge is 0.123 e. The average molecular weight is 326 g/mol. The van der Waals surface area contributed by atoms with Crippen LogP contribution in [-0.4, -0.2) is 19.2 Å². The average Bonchev–Trinajstić information content (AvgIpc) is 2.70. The van der Waals surface area contributed by atoms with E-state index in [-0.39, 0.29) is 6.10 Å². The predicted molar refractivity (Wildman–Crippen MR) is 83.8 cm³/mol. The first-order chi connectivity index (χ1) is 8.88. The summed E-state index contributed by atoms with van der Waals surface area (Å²) in [6.45, 7) is 11.1. The first kappa shape index (κ1) is 14.9. The second kappa shape index (κ2) is 5.84. The number of hydrogen-bond donors (Lipinski definition) is 1. The van der Waals surface area contributed by atoms with Crippen molar-refractivity contribution in [3.8, 4) is 5.75 Å². The largest absolute Gasteiger partial charge is 0.488 e. The lowest BCUT2D eigenvalue weighted by molar-refractivity contribution is 0.197. The van der Waals surface area contributed by atoms with Crippen molar-refractivity contribution < 1.29 is 4.74 Å². The number of hydrogen-bond acceptors (Lipinski definition) is 2. The third kappa shape index (κ3) is 3.73. The van der Waals surface area contributed by atoms with Crippen LogP contribution in [0, 0.1) is 11.3 Å². The quantitative estimate of drug-likeness (QED) is 0.882. The van der Waals surface area contributed by atoms with E-state index in [1.165, 1.54) is 5.56 Å². The molecule has 0 saturated carbocycles. The van der Waals surface area contributed by atoms with Crippen molar-refractivity contribution in [2.24, 2.45) is 11.3 Å². The van der Waals surface area contributed by atoms with Crippen LogP contribution < -0.4 is 10.1 Å². The van der Waals surface area contributed by atoms with Gasteiger partial charge in [-0.15, -0.1) is 0 Å². The highest BCUT2D eigenvalue weighted by molar-refractivity contribution is 9.10. The normalized spacial score (nSPS) is 18.5. The molecule has 106 valence electrons. The van der Waals surface area contributed by atoms with E-state index in [0.717, 1.165) is 29.7 Å². The van der Waals surface area contributed by atoms with Gasteiger partial charge in [-0.1, -0.05) is 43.6 Å². The maximum absolute atomic E-state index is 5.95. The van der Waals surface area contributed by atoms with Gasteiger partial charge in [0.15, 0.2) is 0 Å². The highest BCUT2D eigenvalue weighted by Crippen LogP contribution is 2.31. The fourth-order valence-corrected chi connectivity index (χ4v) is 2.57. The third-order valence-corrected chi connectivity index (χ3v) is 4.77. The molecule has 1 atom stereocenters. The number of ether oxygens (including phenoxy) is 1. The van der Waals surface area contributed by atoms with E-state index >= 15 is 0 Å². The third-order valence-electron chi connectivity index (χ3n) is 4.28. The molecule has 1 aliphatic rings. The fraction of sp³-hybridized carbons (Fsp3) is 0.625. The minimum Gasteiger partial charge on any atom is -0.488 e. The van der Waals surface area contributed by atoms with Gasteiger partial charge in [0, 0.05) is 24.0 Å². The standard InChI is InChI=1S/C16H24BrNO/c1-11(2)16(3,4)10-18-9-14-8-12-7-13(17)5-6-15(12)19-14/h5-7,11,14,18H,8-10H2,1-4H3. The summed E-state index contributed by atoms with van der Waals surface area (Å²) in [6, 6.07) is 6.25. The molecule has 0 aliphatic carbocycles. The van der Waals surface area contributed by atoms with E-state index in [0.29, 0.717) is 11.3 Å². The zero-order chi connectivity index (χ0) is 14.0. The van der Waals surface area contributed by atoms with Gasteiger partial charge in [-0.3, -0.25) is 0 Å². The van der Waals surface area contributed by atoms with E-state index in [2.05, 4.69) is 61.1 Å². The first-order valence-electron chi connectivity index (χ1n) is 7.04. The van der Waals surface area contributed by atoms with Crippen molar-refractivity contribution in [3.05, 3.63) is 28.2 Å². The van der Waals surface area contributed by atoms with Crippen LogP contribution in [0.15, 0.2) is 22.7 Å². The molecule has 1 aromatic carbocycles. The summed E-state index contributed by atoms with van der Waals surface area (Å²) in [4.78, 5) is 0. The summed E-state index contributed by atoms with van der Waals surface area (Å²) in [5, 5.41) is 3.56. The molecule has 0 spiro atoms. The van der Waals surface area contributed by atoms with Crippen molar-refractivity contribution in [1.29, 1.82) is 0 Å². The lowest BCUT2D eigenvalue weighted by Crippen LogP contribution is -2.38. The number of nitrogens with one attached hydrogen (secondary N) is 1. The molecule has 0 aromatic heterocycles. The summed E-state index contributed by atoms with van der Waals surface area (Å²) in [7, 11) is 0. The molecule has 1 heterocycles. The Hall–Kier alpha value is -0.540. The molecule has 19 heavy (non-hydrogen) atoms. The van der Waals surface area contributed by atoms with Gasteiger partial charge in [-0.05, 0) is 35.1 Å². The van der Waals surface area contributed by atoms with E-state index in [9.17, 15) is 0 Å². The molecule has 1 unspecified atom stereocenters. The summed E-state index contributed by atoms with van der Waals surface area (Å²) >= 11 is 3.51. The first-order valence-corrected chi connectivity index (χ1v) is 7.83. The van der Waals surface area contributed by atoms with Crippen LogP contribution in [0.4, 0.5) is 0 Å². The van der Waals surface area contributed by atoms with Crippen LogP contribution >= 0.6 is 15.9 Å². The lowest BCUT2D eigenvalue weighted by Gasteiger charge is -2.30. The topological polar surface area (TPSA) is 21.3 Å². The molecule has 1 aliphatic heterocycles. The Balaban J connectivity index is 1.81. The molecule has 1 N–H and O–H groups in total. The van der Waals surface area contributed by atoms with Crippen molar-refractivity contribution in [3.63, 3.8) is 0 Å². The van der Waals surface area contributed by atoms with Gasteiger partial charge < -0.3 is 10.1 Å². The zero-order valence-electron chi connectivity index (χ0n) is 12.3. The Labute approximate surface area is 125 Å². The Morgan fingerprint density at radius 3 is 2.84 bits per heavy atom. The number of benzene rings is 1. The number of fused-ring (bicyclic) bond motifs is 1. The Kier molecular flexibility index (Phi) is 4.57. The van der Waals surface area contributed by atoms with Crippen LogP contribution in [-0.2, 0) is 6.42 Å². The second-order valence-corrected chi connectivity index (χ2v) is 7.39. The second-order valence-electron chi connectivity index (χ2n) is 6.47. The van der Waals surface area contributed by atoms with Crippen LogP contribution in [0.3, 0.4) is 0 Å². The Morgan fingerprint density at radius 1 is 1.42 bits per heavy atom. The van der Waals surface area contributed by atoms with Crippen molar-refractivity contribution in [2.45, 2.75) is 40.2 Å². The molecule has 0 amide bonds. The van der Waals surface area contributed by atoms with Crippen molar-refractivity contribution >= 4 is 15.9 Å². The van der Waals surface area contributed by atoms with Crippen LogP contribution in [0.5, 0.6) is 5.75 Å². The van der Waals surface area contributed by atoms with Crippen molar-refractivity contribution in [2.75, 3.05) is 13.1 Å². The Morgan fingerprint density at radius 2 is 2.16 bits per heavy atom. The van der Waals surface area contributed by atoms with Gasteiger partial charge in [0.1, 0.15) is 11.9 Å². The summed E-state index contributed by atoms with van der Waals surface area (Å²) in [6.07, 6.45) is 1.27. The monoisotopic (exact) mass is 325 g/mol. The van der Waals surface area contributed by atoms with Gasteiger partial charge in [0.05, 0.1) is 0 Å².